The summed E-state index contributed by atoms with van der Waals surface area (Å²) in [7, 11) is 2.75. The van der Waals surface area contributed by atoms with E-state index in [1.807, 2.05) is 48.5 Å². The molecule has 0 saturated carbocycles. The van der Waals surface area contributed by atoms with Crippen molar-refractivity contribution in [2.45, 2.75) is 12.8 Å². The molecule has 0 aliphatic heterocycles. The van der Waals surface area contributed by atoms with E-state index in [1.54, 1.807) is 12.4 Å². The lowest BCUT2D eigenvalue weighted by molar-refractivity contribution is -0.132. The minimum atomic E-state index is -0.522. The van der Waals surface area contributed by atoms with Crippen LogP contribution in [0.5, 0.6) is 0 Å². The summed E-state index contributed by atoms with van der Waals surface area (Å²) in [6, 6.07) is 20.0. The molecule has 2 aromatic carbocycles. The maximum Gasteiger partial charge on any atom is 0.360 e. The molecule has 0 amide bonds. The van der Waals surface area contributed by atoms with Crippen LogP contribution in [0.15, 0.2) is 78.2 Å². The molecule has 0 saturated heterocycles. The van der Waals surface area contributed by atoms with Crippen LogP contribution in [0.1, 0.15) is 16.7 Å². The van der Waals surface area contributed by atoms with Gasteiger partial charge in [-0.1, -0.05) is 53.7 Å². The third-order valence-electron chi connectivity index (χ3n) is 4.51. The van der Waals surface area contributed by atoms with Crippen molar-refractivity contribution >= 4 is 11.7 Å². The van der Waals surface area contributed by atoms with Crippen LogP contribution in [0.25, 0.3) is 11.1 Å². The Hall–Kier alpha value is -3.47. The van der Waals surface area contributed by atoms with Gasteiger partial charge in [0.25, 0.3) is 0 Å². The lowest BCUT2D eigenvalue weighted by Crippen LogP contribution is -2.19. The molecule has 1 aromatic heterocycles. The maximum absolute atomic E-state index is 12.1. The van der Waals surface area contributed by atoms with Crippen LogP contribution in [0.3, 0.4) is 0 Å². The van der Waals surface area contributed by atoms with Crippen molar-refractivity contribution in [2.24, 2.45) is 5.16 Å². The molecule has 0 fully saturated rings. The zero-order valence-electron chi connectivity index (χ0n) is 16.0. The molecule has 0 spiro atoms. The number of esters is 1. The molecule has 5 heteroatoms. The van der Waals surface area contributed by atoms with Gasteiger partial charge in [-0.3, -0.25) is 4.98 Å². The largest absolute Gasteiger partial charge is 0.464 e. The number of nitrogens with zero attached hydrogens (tertiary/aromatic N) is 2. The number of benzene rings is 2. The average Bonchev–Trinajstić information content (AvgIpc) is 2.76. The monoisotopic (exact) mass is 374 g/mol. The number of rotatable bonds is 7. The van der Waals surface area contributed by atoms with Gasteiger partial charge in [-0.2, -0.15) is 0 Å². The van der Waals surface area contributed by atoms with Crippen LogP contribution in [-0.2, 0) is 27.2 Å². The summed E-state index contributed by atoms with van der Waals surface area (Å²) in [4.78, 5) is 21.1. The van der Waals surface area contributed by atoms with E-state index in [-0.39, 0.29) is 5.71 Å². The minimum absolute atomic E-state index is 0.169. The van der Waals surface area contributed by atoms with Gasteiger partial charge in [0.05, 0.1) is 7.11 Å². The Morgan fingerprint density at radius 2 is 1.54 bits per heavy atom. The molecule has 0 radical (unpaired) electrons. The summed E-state index contributed by atoms with van der Waals surface area (Å²) in [5, 5.41) is 3.88. The van der Waals surface area contributed by atoms with E-state index in [0.29, 0.717) is 0 Å². The Morgan fingerprint density at radius 3 is 2.25 bits per heavy atom. The molecule has 0 atom stereocenters. The van der Waals surface area contributed by atoms with Crippen LogP contribution in [0.4, 0.5) is 0 Å². The molecule has 3 rings (SSSR count). The number of hydrogen-bond donors (Lipinski definition) is 0. The van der Waals surface area contributed by atoms with Crippen LogP contribution in [0.2, 0.25) is 0 Å². The lowest BCUT2D eigenvalue weighted by Gasteiger charge is -2.13. The number of pyridine rings is 1. The molecular formula is C23H22N2O3. The van der Waals surface area contributed by atoms with Gasteiger partial charge in [-0.25, -0.2) is 4.79 Å². The number of methoxy groups -OCH3 is 1. The van der Waals surface area contributed by atoms with Crippen LogP contribution in [-0.4, -0.2) is 30.9 Å². The third kappa shape index (κ3) is 4.43. The van der Waals surface area contributed by atoms with Gasteiger partial charge in [-0.15, -0.1) is 0 Å². The summed E-state index contributed by atoms with van der Waals surface area (Å²) in [5.74, 6) is -0.522. The molecular weight excluding hydrogens is 352 g/mol. The SMILES string of the molecule is CO/N=C(/C(=O)OC)c1ccccc1CCc1ccccc1-c1ccncc1. The number of ether oxygens (including phenoxy) is 1. The predicted octanol–water partition coefficient (Wildman–Crippen LogP) is 4.06. The van der Waals surface area contributed by atoms with Crippen molar-refractivity contribution < 1.29 is 14.4 Å². The van der Waals surface area contributed by atoms with Crippen LogP contribution < -0.4 is 0 Å². The summed E-state index contributed by atoms with van der Waals surface area (Å²) >= 11 is 0. The molecule has 0 aliphatic carbocycles. The van der Waals surface area contributed by atoms with Crippen LogP contribution >= 0.6 is 0 Å². The summed E-state index contributed by atoms with van der Waals surface area (Å²) in [6.45, 7) is 0. The zero-order valence-corrected chi connectivity index (χ0v) is 16.0. The van der Waals surface area contributed by atoms with Crippen molar-refractivity contribution in [1.82, 2.24) is 4.98 Å². The first-order valence-electron chi connectivity index (χ1n) is 9.00. The first-order chi connectivity index (χ1) is 13.7. The van der Waals surface area contributed by atoms with Gasteiger partial charge in [0.15, 0.2) is 5.71 Å². The number of hydrogen-bond acceptors (Lipinski definition) is 5. The highest BCUT2D eigenvalue weighted by Crippen LogP contribution is 2.25. The van der Waals surface area contributed by atoms with Crippen molar-refractivity contribution in [3.63, 3.8) is 0 Å². The first-order valence-corrected chi connectivity index (χ1v) is 9.00. The van der Waals surface area contributed by atoms with Crippen molar-refractivity contribution in [3.05, 3.63) is 89.7 Å². The number of oxime groups is 1. The quantitative estimate of drug-likeness (QED) is 0.355. The van der Waals surface area contributed by atoms with Gasteiger partial charge < -0.3 is 9.57 Å². The second kappa shape index (κ2) is 9.46. The van der Waals surface area contributed by atoms with E-state index < -0.39 is 5.97 Å². The fourth-order valence-electron chi connectivity index (χ4n) is 3.17. The van der Waals surface area contributed by atoms with Gasteiger partial charge in [0.1, 0.15) is 7.11 Å². The highest BCUT2D eigenvalue weighted by molar-refractivity contribution is 6.43. The van der Waals surface area contributed by atoms with E-state index in [4.69, 9.17) is 9.57 Å². The van der Waals surface area contributed by atoms with E-state index in [9.17, 15) is 4.79 Å². The van der Waals surface area contributed by atoms with E-state index >= 15 is 0 Å². The molecule has 1 heterocycles. The molecule has 0 unspecified atom stereocenters. The standard InChI is InChI=1S/C23H22N2O3/c1-27-23(26)22(25-28-2)21-10-6-4-8-18(21)12-11-17-7-3-5-9-20(17)19-13-15-24-16-14-19/h3-10,13-16H,11-12H2,1-2H3/b25-22+. The van der Waals surface area contributed by atoms with Crippen molar-refractivity contribution in [2.75, 3.05) is 14.2 Å². The highest BCUT2D eigenvalue weighted by atomic mass is 16.6. The first kappa shape index (κ1) is 19.3. The number of carbonyl (C=O) groups excluding carboxylic acids is 1. The minimum Gasteiger partial charge on any atom is -0.464 e. The normalized spacial score (nSPS) is 11.1. The van der Waals surface area contributed by atoms with Crippen molar-refractivity contribution in [3.8, 4) is 11.1 Å². The van der Waals surface area contributed by atoms with E-state index in [1.165, 1.54) is 25.3 Å². The highest BCUT2D eigenvalue weighted by Gasteiger charge is 2.19. The number of aryl methyl sites for hydroxylation is 2. The second-order valence-corrected chi connectivity index (χ2v) is 6.16. The van der Waals surface area contributed by atoms with E-state index in [0.717, 1.165) is 29.5 Å². The lowest BCUT2D eigenvalue weighted by atomic mass is 9.93. The van der Waals surface area contributed by atoms with E-state index in [2.05, 4.69) is 22.3 Å². The van der Waals surface area contributed by atoms with Gasteiger partial charge in [0, 0.05) is 18.0 Å². The third-order valence-corrected chi connectivity index (χ3v) is 4.51. The van der Waals surface area contributed by atoms with Gasteiger partial charge >= 0.3 is 5.97 Å². The molecule has 3 aromatic rings. The van der Waals surface area contributed by atoms with Crippen molar-refractivity contribution in [1.29, 1.82) is 0 Å². The fraction of sp³-hybridized carbons (Fsp3) is 0.174. The average molecular weight is 374 g/mol. The number of aromatic nitrogens is 1. The fourth-order valence-corrected chi connectivity index (χ4v) is 3.17. The van der Waals surface area contributed by atoms with Gasteiger partial charge in [0.2, 0.25) is 0 Å². The summed E-state index contributed by atoms with van der Waals surface area (Å²) in [6.07, 6.45) is 5.16. The molecule has 28 heavy (non-hydrogen) atoms. The zero-order chi connectivity index (χ0) is 19.8. The molecule has 0 aliphatic rings. The molecule has 142 valence electrons. The Kier molecular flexibility index (Phi) is 6.52. The Bertz CT molecular complexity index is 968. The summed E-state index contributed by atoms with van der Waals surface area (Å²) in [5.41, 5.74) is 5.44. The topological polar surface area (TPSA) is 60.8 Å². The predicted molar refractivity (Wildman–Crippen MR) is 109 cm³/mol. The number of carbonyl (C=O) groups is 1. The smallest absolute Gasteiger partial charge is 0.360 e. The second-order valence-electron chi connectivity index (χ2n) is 6.16. The van der Waals surface area contributed by atoms with Gasteiger partial charge in [-0.05, 0) is 47.2 Å². The maximum atomic E-state index is 12.1. The summed E-state index contributed by atoms with van der Waals surface area (Å²) < 4.78 is 4.86. The Balaban J connectivity index is 1.89. The Labute approximate surface area is 164 Å². The Morgan fingerprint density at radius 1 is 0.893 bits per heavy atom. The van der Waals surface area contributed by atoms with Crippen LogP contribution in [0, 0.1) is 0 Å². The molecule has 0 bridgehead atoms. The molecule has 0 N–H and O–H groups in total. The molecule has 5 nitrogen and oxygen atoms in total.